The Bertz CT molecular complexity index is 2370. The lowest BCUT2D eigenvalue weighted by Gasteiger charge is -2.48. The first-order valence-electron chi connectivity index (χ1n) is 17.4. The molecule has 2 aromatic heterocycles. The second-order valence-corrected chi connectivity index (χ2v) is 14.3. The van der Waals surface area contributed by atoms with Crippen molar-refractivity contribution in [2.24, 2.45) is 11.8 Å². The lowest BCUT2D eigenvalue weighted by molar-refractivity contribution is 0.110. The predicted molar refractivity (Wildman–Crippen MR) is 196 cm³/mol. The summed E-state index contributed by atoms with van der Waals surface area (Å²) in [5, 5.41) is 11.4. The second kappa shape index (κ2) is 11.8. The zero-order valence-electron chi connectivity index (χ0n) is 27.6. The number of hydrogen-bond donors (Lipinski definition) is 0. The molecule has 2 aliphatic rings. The Morgan fingerprint density at radius 1 is 0.653 bits per heavy atom. The first-order chi connectivity index (χ1) is 24.0. The van der Waals surface area contributed by atoms with Crippen LogP contribution in [0.25, 0.3) is 67.2 Å². The van der Waals surface area contributed by atoms with Gasteiger partial charge in [0.15, 0.2) is 17.5 Å². The Morgan fingerprint density at radius 3 is 1.94 bits per heavy atom. The van der Waals surface area contributed by atoms with Crippen LogP contribution in [0.2, 0.25) is 0 Å². The molecule has 2 heterocycles. The smallest absolute Gasteiger partial charge is 0.164 e. The lowest BCUT2D eigenvalue weighted by atomic mass is 9.57. The maximum Gasteiger partial charge on any atom is 0.164 e. The molecule has 0 spiro atoms. The monoisotopic (exact) mass is 636 g/mol. The number of furan rings is 1. The van der Waals surface area contributed by atoms with E-state index in [-0.39, 0.29) is 0 Å². The zero-order chi connectivity index (χ0) is 33.0. The molecule has 0 amide bonds. The number of fused-ring (bicyclic) bond motifs is 5. The van der Waals surface area contributed by atoms with Crippen LogP contribution in [0.15, 0.2) is 120 Å². The van der Waals surface area contributed by atoms with Crippen LogP contribution in [0.4, 0.5) is 0 Å². The molecule has 49 heavy (non-hydrogen) atoms. The predicted octanol–water partition coefficient (Wildman–Crippen LogP) is 11.2. The van der Waals surface area contributed by atoms with Crippen molar-refractivity contribution in [1.82, 2.24) is 15.0 Å². The number of nitrogens with zero attached hydrogens (tertiary/aromatic N) is 4. The van der Waals surface area contributed by atoms with E-state index in [1.807, 2.05) is 48.5 Å². The number of hydrogen-bond acceptors (Lipinski definition) is 5. The molecule has 3 atom stereocenters. The summed E-state index contributed by atoms with van der Waals surface area (Å²) in [4.78, 5) is 15.0. The summed E-state index contributed by atoms with van der Waals surface area (Å²) in [6.07, 6.45) is 8.04. The van der Waals surface area contributed by atoms with Gasteiger partial charge in [0.2, 0.25) is 0 Å². The van der Waals surface area contributed by atoms with Gasteiger partial charge in [0.05, 0.1) is 11.6 Å². The van der Waals surface area contributed by atoms with Gasteiger partial charge in [-0.15, -0.1) is 0 Å². The van der Waals surface area contributed by atoms with Crippen LogP contribution in [0.1, 0.15) is 56.6 Å². The van der Waals surface area contributed by atoms with Gasteiger partial charge in [-0.3, -0.25) is 0 Å². The molecule has 0 N–H and O–H groups in total. The van der Waals surface area contributed by atoms with Crippen LogP contribution < -0.4 is 0 Å². The SMILES string of the molecule is C[C@H]1C[C@H]2CCCC(c3ccc(-c4nc(-c5ccccc5)nc(-c5ccc(-c6ccc7oc8ccc(C#N)cc8c7c6)cc5)n4)cc3)(C1)C2. The third-order valence-corrected chi connectivity index (χ3v) is 10.9. The van der Waals surface area contributed by atoms with E-state index in [9.17, 15) is 5.26 Å². The van der Waals surface area contributed by atoms with Crippen molar-refractivity contribution in [3.8, 4) is 51.4 Å². The highest BCUT2D eigenvalue weighted by Crippen LogP contribution is 2.52. The summed E-state index contributed by atoms with van der Waals surface area (Å²) >= 11 is 0. The molecule has 7 aromatic rings. The van der Waals surface area contributed by atoms with Gasteiger partial charge in [0.1, 0.15) is 11.2 Å². The van der Waals surface area contributed by atoms with E-state index in [2.05, 4.69) is 73.7 Å². The molecule has 0 saturated heterocycles. The molecular weight excluding hydrogens is 601 g/mol. The Kier molecular flexibility index (Phi) is 7.13. The van der Waals surface area contributed by atoms with Gasteiger partial charge in [-0.2, -0.15) is 5.26 Å². The molecule has 5 aromatic carbocycles. The molecule has 1 unspecified atom stereocenters. The molecule has 0 aliphatic heterocycles. The molecule has 2 aliphatic carbocycles. The molecule has 0 radical (unpaired) electrons. The third kappa shape index (κ3) is 5.38. The highest BCUT2D eigenvalue weighted by atomic mass is 16.3. The zero-order valence-corrected chi connectivity index (χ0v) is 27.6. The third-order valence-electron chi connectivity index (χ3n) is 10.9. The van der Waals surface area contributed by atoms with E-state index in [0.717, 1.165) is 61.6 Å². The topological polar surface area (TPSA) is 75.6 Å². The molecule has 238 valence electrons. The molecular formula is C44H36N4O. The lowest BCUT2D eigenvalue weighted by Crippen LogP contribution is -2.39. The number of benzene rings is 5. The number of aromatic nitrogens is 3. The number of nitriles is 1. The van der Waals surface area contributed by atoms with E-state index in [0.29, 0.717) is 28.5 Å². The molecule has 2 saturated carbocycles. The van der Waals surface area contributed by atoms with Crippen LogP contribution in [-0.4, -0.2) is 15.0 Å². The Hall–Kier alpha value is -5.60. The standard InChI is InChI=1S/C44H36N4O/c1-28-22-29-6-5-21-44(25-28,26-29)36-17-14-34(15-18-36)43-47-41(32-7-3-2-4-8-32)46-42(48-43)33-12-10-31(11-13-33)35-16-20-40-38(24-35)37-23-30(27-45)9-19-39(37)49-40/h2-4,7-20,23-24,28-29H,5-6,21-22,25-26H2,1H3/t28-,29+,44?/m0/s1. The summed E-state index contributed by atoms with van der Waals surface area (Å²) in [7, 11) is 0. The average molecular weight is 637 g/mol. The van der Waals surface area contributed by atoms with Crippen LogP contribution in [0, 0.1) is 23.2 Å². The highest BCUT2D eigenvalue weighted by molar-refractivity contribution is 6.06. The van der Waals surface area contributed by atoms with E-state index >= 15 is 0 Å². The van der Waals surface area contributed by atoms with Crippen molar-refractivity contribution >= 4 is 21.9 Å². The highest BCUT2D eigenvalue weighted by Gasteiger charge is 2.42. The Labute approximate surface area is 286 Å². The molecule has 9 rings (SSSR count). The van der Waals surface area contributed by atoms with E-state index in [1.165, 1.54) is 44.1 Å². The van der Waals surface area contributed by atoms with Crippen LogP contribution in [0.3, 0.4) is 0 Å². The van der Waals surface area contributed by atoms with Crippen molar-refractivity contribution in [2.75, 3.05) is 0 Å². The van der Waals surface area contributed by atoms with Gasteiger partial charge in [-0.05, 0) is 90.0 Å². The van der Waals surface area contributed by atoms with E-state index in [4.69, 9.17) is 19.4 Å². The van der Waals surface area contributed by atoms with Crippen molar-refractivity contribution in [2.45, 2.75) is 50.9 Å². The van der Waals surface area contributed by atoms with E-state index in [1.54, 1.807) is 6.07 Å². The minimum Gasteiger partial charge on any atom is -0.456 e. The normalized spacial score (nSPS) is 20.3. The summed E-state index contributed by atoms with van der Waals surface area (Å²) in [5.41, 5.74) is 9.04. The van der Waals surface area contributed by atoms with Gasteiger partial charge in [-0.1, -0.05) is 105 Å². The van der Waals surface area contributed by atoms with Crippen LogP contribution in [0.5, 0.6) is 0 Å². The minimum atomic E-state index is 0.315. The first kappa shape index (κ1) is 29.5. The average Bonchev–Trinajstić information content (AvgIpc) is 3.52. The summed E-state index contributed by atoms with van der Waals surface area (Å²) in [6.45, 7) is 2.44. The fourth-order valence-electron chi connectivity index (χ4n) is 8.73. The summed E-state index contributed by atoms with van der Waals surface area (Å²) in [6, 6.07) is 41.7. The maximum atomic E-state index is 9.42. The van der Waals surface area contributed by atoms with Crippen molar-refractivity contribution in [3.63, 3.8) is 0 Å². The van der Waals surface area contributed by atoms with Gasteiger partial charge in [0, 0.05) is 27.5 Å². The van der Waals surface area contributed by atoms with Crippen molar-refractivity contribution in [1.29, 1.82) is 5.26 Å². The second-order valence-electron chi connectivity index (χ2n) is 14.3. The molecule has 2 fully saturated rings. The minimum absolute atomic E-state index is 0.315. The Balaban J connectivity index is 1.07. The quantitative estimate of drug-likeness (QED) is 0.188. The van der Waals surface area contributed by atoms with Crippen molar-refractivity contribution in [3.05, 3.63) is 126 Å². The fourth-order valence-corrected chi connectivity index (χ4v) is 8.73. The molecule has 5 heteroatoms. The maximum absolute atomic E-state index is 9.42. The van der Waals surface area contributed by atoms with Gasteiger partial charge in [-0.25, -0.2) is 15.0 Å². The van der Waals surface area contributed by atoms with Crippen LogP contribution in [-0.2, 0) is 5.41 Å². The van der Waals surface area contributed by atoms with Crippen molar-refractivity contribution < 1.29 is 4.42 Å². The van der Waals surface area contributed by atoms with Gasteiger partial charge >= 0.3 is 0 Å². The number of rotatable bonds is 5. The molecule has 2 bridgehead atoms. The molecule has 5 nitrogen and oxygen atoms in total. The fraction of sp³-hybridized carbons (Fsp3) is 0.227. The summed E-state index contributed by atoms with van der Waals surface area (Å²) in [5.74, 6) is 3.65. The first-order valence-corrected chi connectivity index (χ1v) is 17.4. The van der Waals surface area contributed by atoms with Gasteiger partial charge in [0.25, 0.3) is 0 Å². The summed E-state index contributed by atoms with van der Waals surface area (Å²) < 4.78 is 6.04. The largest absolute Gasteiger partial charge is 0.456 e. The van der Waals surface area contributed by atoms with E-state index < -0.39 is 0 Å². The Morgan fingerprint density at radius 2 is 1.24 bits per heavy atom. The van der Waals surface area contributed by atoms with Crippen LogP contribution >= 0.6 is 0 Å². The van der Waals surface area contributed by atoms with Gasteiger partial charge < -0.3 is 4.42 Å².